The molecule has 0 radical (unpaired) electrons. The lowest BCUT2D eigenvalue weighted by atomic mass is 10.2. The van der Waals surface area contributed by atoms with Crippen molar-refractivity contribution >= 4 is 17.4 Å². The largest absolute Gasteiger partial charge is 0.497 e. The van der Waals surface area contributed by atoms with E-state index in [9.17, 15) is 0 Å². The lowest BCUT2D eigenvalue weighted by molar-refractivity contribution is 0.414. The summed E-state index contributed by atoms with van der Waals surface area (Å²) in [6, 6.07) is 12.1. The minimum absolute atomic E-state index is 0.413. The van der Waals surface area contributed by atoms with Crippen molar-refractivity contribution < 1.29 is 9.15 Å². The van der Waals surface area contributed by atoms with Gasteiger partial charge in [0.05, 0.1) is 12.0 Å². The van der Waals surface area contributed by atoms with Crippen molar-refractivity contribution in [2.24, 2.45) is 0 Å². The second-order valence-electron chi connectivity index (χ2n) is 4.09. The van der Waals surface area contributed by atoms with Crippen LogP contribution in [0.15, 0.2) is 46.2 Å². The Labute approximate surface area is 120 Å². The fourth-order valence-electron chi connectivity index (χ4n) is 1.75. The van der Waals surface area contributed by atoms with Crippen LogP contribution in [-0.2, 0) is 6.54 Å². The number of anilines is 1. The summed E-state index contributed by atoms with van der Waals surface area (Å²) in [6.07, 6.45) is 0. The van der Waals surface area contributed by atoms with Gasteiger partial charge in [-0.3, -0.25) is 0 Å². The number of hydrogen-bond donors (Lipinski definition) is 1. The quantitative estimate of drug-likeness (QED) is 0.779. The summed E-state index contributed by atoms with van der Waals surface area (Å²) in [5, 5.41) is 13.1. The zero-order valence-electron chi connectivity index (χ0n) is 10.9. The summed E-state index contributed by atoms with van der Waals surface area (Å²) in [7, 11) is 1.65. The smallest absolute Gasteiger partial charge is 0.316 e. The zero-order chi connectivity index (χ0) is 13.8. The second kappa shape index (κ2) is 5.75. The molecule has 0 amide bonds. The molecule has 5 nitrogen and oxygen atoms in total. The van der Waals surface area contributed by atoms with Crippen LogP contribution in [0.1, 0.15) is 5.56 Å². The van der Waals surface area contributed by atoms with Crippen molar-refractivity contribution in [3.8, 4) is 16.5 Å². The van der Waals surface area contributed by atoms with E-state index in [4.69, 9.17) is 9.15 Å². The number of aromatic nitrogens is 2. The molecule has 1 aromatic carbocycles. The van der Waals surface area contributed by atoms with Crippen LogP contribution in [0.4, 0.5) is 6.01 Å². The number of thiophene rings is 1. The minimum atomic E-state index is 0.413. The maximum Gasteiger partial charge on any atom is 0.316 e. The van der Waals surface area contributed by atoms with E-state index < -0.39 is 0 Å². The molecule has 0 aliphatic heterocycles. The highest BCUT2D eigenvalue weighted by atomic mass is 32.1. The minimum Gasteiger partial charge on any atom is -0.497 e. The molecule has 1 N–H and O–H groups in total. The molecule has 102 valence electrons. The van der Waals surface area contributed by atoms with Gasteiger partial charge in [-0.1, -0.05) is 23.3 Å². The first kappa shape index (κ1) is 12.7. The average Bonchev–Trinajstić information content (AvgIpc) is 3.16. The van der Waals surface area contributed by atoms with Gasteiger partial charge in [-0.15, -0.1) is 16.4 Å². The van der Waals surface area contributed by atoms with Crippen LogP contribution in [0, 0.1) is 0 Å². The van der Waals surface area contributed by atoms with E-state index in [1.807, 2.05) is 41.8 Å². The van der Waals surface area contributed by atoms with Gasteiger partial charge in [0, 0.05) is 6.54 Å². The van der Waals surface area contributed by atoms with E-state index in [0.29, 0.717) is 18.5 Å². The normalized spacial score (nSPS) is 10.4. The SMILES string of the molecule is COc1cccc(CNc2nnc(-c3cccs3)o2)c1. The van der Waals surface area contributed by atoms with Gasteiger partial charge in [0.25, 0.3) is 5.89 Å². The Morgan fingerprint density at radius 3 is 3.00 bits per heavy atom. The molecule has 0 saturated carbocycles. The zero-order valence-corrected chi connectivity index (χ0v) is 11.7. The molecule has 2 heterocycles. The molecular weight excluding hydrogens is 274 g/mol. The molecule has 2 aromatic heterocycles. The van der Waals surface area contributed by atoms with Crippen LogP contribution in [0.5, 0.6) is 5.75 Å². The van der Waals surface area contributed by atoms with Crippen LogP contribution < -0.4 is 10.1 Å². The number of ether oxygens (including phenoxy) is 1. The highest BCUT2D eigenvalue weighted by Gasteiger charge is 2.08. The van der Waals surface area contributed by atoms with E-state index in [1.165, 1.54) is 0 Å². The fraction of sp³-hybridized carbons (Fsp3) is 0.143. The summed E-state index contributed by atoms with van der Waals surface area (Å²) >= 11 is 1.57. The summed E-state index contributed by atoms with van der Waals surface area (Å²) in [5.74, 6) is 1.36. The van der Waals surface area contributed by atoms with E-state index in [1.54, 1.807) is 18.4 Å². The lowest BCUT2D eigenvalue weighted by Gasteiger charge is -2.04. The van der Waals surface area contributed by atoms with Gasteiger partial charge in [0.1, 0.15) is 5.75 Å². The first-order chi connectivity index (χ1) is 9.85. The molecule has 3 rings (SSSR count). The lowest BCUT2D eigenvalue weighted by Crippen LogP contribution is -1.99. The first-order valence-electron chi connectivity index (χ1n) is 6.09. The second-order valence-corrected chi connectivity index (χ2v) is 5.04. The number of benzene rings is 1. The Morgan fingerprint density at radius 1 is 1.25 bits per heavy atom. The van der Waals surface area contributed by atoms with Crippen molar-refractivity contribution in [3.05, 3.63) is 47.3 Å². The highest BCUT2D eigenvalue weighted by Crippen LogP contribution is 2.24. The Morgan fingerprint density at radius 2 is 2.20 bits per heavy atom. The summed E-state index contributed by atoms with van der Waals surface area (Å²) in [6.45, 7) is 0.600. The van der Waals surface area contributed by atoms with Crippen molar-refractivity contribution in [1.82, 2.24) is 10.2 Å². The van der Waals surface area contributed by atoms with Crippen molar-refractivity contribution in [1.29, 1.82) is 0 Å². The molecule has 3 aromatic rings. The predicted molar refractivity (Wildman–Crippen MR) is 77.9 cm³/mol. The van der Waals surface area contributed by atoms with Gasteiger partial charge in [-0.2, -0.15) is 0 Å². The van der Waals surface area contributed by atoms with Gasteiger partial charge in [0.15, 0.2) is 0 Å². The maximum atomic E-state index is 5.55. The third-order valence-corrected chi connectivity index (χ3v) is 3.59. The van der Waals surface area contributed by atoms with Crippen LogP contribution in [0.3, 0.4) is 0 Å². The molecule has 0 atom stereocenters. The standard InChI is InChI=1S/C14H13N3O2S/c1-18-11-5-2-4-10(8-11)9-15-14-17-16-13(19-14)12-6-3-7-20-12/h2-8H,9H2,1H3,(H,15,17). The number of methoxy groups -OCH3 is 1. The van der Waals surface area contributed by atoms with Crippen LogP contribution >= 0.6 is 11.3 Å². The molecular formula is C14H13N3O2S. The first-order valence-corrected chi connectivity index (χ1v) is 6.97. The predicted octanol–water partition coefficient (Wildman–Crippen LogP) is 3.42. The van der Waals surface area contributed by atoms with Crippen LogP contribution in [-0.4, -0.2) is 17.3 Å². The van der Waals surface area contributed by atoms with Crippen molar-refractivity contribution in [2.45, 2.75) is 6.54 Å². The molecule has 0 unspecified atom stereocenters. The van der Waals surface area contributed by atoms with E-state index >= 15 is 0 Å². The van der Waals surface area contributed by atoms with E-state index in [0.717, 1.165) is 16.2 Å². The molecule has 20 heavy (non-hydrogen) atoms. The van der Waals surface area contributed by atoms with Gasteiger partial charge in [-0.05, 0) is 29.1 Å². The molecule has 0 fully saturated rings. The third-order valence-electron chi connectivity index (χ3n) is 2.73. The molecule has 0 aliphatic carbocycles. The van der Waals surface area contributed by atoms with Crippen LogP contribution in [0.25, 0.3) is 10.8 Å². The highest BCUT2D eigenvalue weighted by molar-refractivity contribution is 7.13. The molecule has 6 heteroatoms. The van der Waals surface area contributed by atoms with E-state index in [-0.39, 0.29) is 0 Å². The molecule has 0 aliphatic rings. The van der Waals surface area contributed by atoms with Crippen molar-refractivity contribution in [2.75, 3.05) is 12.4 Å². The fourth-order valence-corrected chi connectivity index (χ4v) is 2.40. The number of nitrogens with one attached hydrogen (secondary N) is 1. The number of rotatable bonds is 5. The Balaban J connectivity index is 1.66. The van der Waals surface area contributed by atoms with Gasteiger partial charge < -0.3 is 14.5 Å². The topological polar surface area (TPSA) is 60.2 Å². The Bertz CT molecular complexity index is 679. The van der Waals surface area contributed by atoms with Gasteiger partial charge in [0.2, 0.25) is 0 Å². The Kier molecular flexibility index (Phi) is 3.64. The number of nitrogens with zero attached hydrogens (tertiary/aromatic N) is 2. The van der Waals surface area contributed by atoms with Crippen LogP contribution in [0.2, 0.25) is 0 Å². The average molecular weight is 287 g/mol. The van der Waals surface area contributed by atoms with Crippen molar-refractivity contribution in [3.63, 3.8) is 0 Å². The molecule has 0 bridgehead atoms. The molecule has 0 spiro atoms. The Hall–Kier alpha value is -2.34. The third kappa shape index (κ3) is 2.80. The van der Waals surface area contributed by atoms with Gasteiger partial charge in [-0.25, -0.2) is 0 Å². The van der Waals surface area contributed by atoms with E-state index in [2.05, 4.69) is 15.5 Å². The van der Waals surface area contributed by atoms with Gasteiger partial charge >= 0.3 is 6.01 Å². The monoisotopic (exact) mass is 287 g/mol. The number of hydrogen-bond acceptors (Lipinski definition) is 6. The maximum absolute atomic E-state index is 5.55. The summed E-state index contributed by atoms with van der Waals surface area (Å²) in [4.78, 5) is 0.965. The molecule has 0 saturated heterocycles. The summed E-state index contributed by atoms with van der Waals surface area (Å²) < 4.78 is 10.7. The summed E-state index contributed by atoms with van der Waals surface area (Å²) in [5.41, 5.74) is 1.08.